The van der Waals surface area contributed by atoms with E-state index in [2.05, 4.69) is 10.6 Å². The van der Waals surface area contributed by atoms with Crippen molar-refractivity contribution in [2.24, 2.45) is 0 Å². The molecule has 3 aromatic carbocycles. The zero-order valence-corrected chi connectivity index (χ0v) is 26.2. The molecule has 3 aromatic rings. The third kappa shape index (κ3) is 7.57. The molecule has 5 rings (SSSR count). The van der Waals surface area contributed by atoms with Crippen LogP contribution in [0.15, 0.2) is 66.7 Å². The summed E-state index contributed by atoms with van der Waals surface area (Å²) in [6.45, 7) is 2.08. The largest absolute Gasteiger partial charge is 0.493 e. The lowest BCUT2D eigenvalue weighted by Gasteiger charge is -2.40. The monoisotopic (exact) mass is 688 g/mol. The van der Waals surface area contributed by atoms with Gasteiger partial charge >= 0.3 is 12.4 Å². The highest BCUT2D eigenvalue weighted by molar-refractivity contribution is 6.30. The minimum Gasteiger partial charge on any atom is -0.493 e. The molecule has 6 nitrogen and oxygen atoms in total. The first-order valence-electron chi connectivity index (χ1n) is 14.7. The average molecular weight is 690 g/mol. The number of amides is 1. The number of halogens is 8. The van der Waals surface area contributed by atoms with Crippen molar-refractivity contribution in [1.29, 1.82) is 0 Å². The van der Waals surface area contributed by atoms with E-state index in [1.807, 2.05) is 0 Å². The molecule has 0 radical (unpaired) electrons. The molecule has 2 N–H and O–H groups in total. The Morgan fingerprint density at radius 3 is 1.83 bits per heavy atom. The van der Waals surface area contributed by atoms with Crippen molar-refractivity contribution in [3.05, 3.63) is 99.0 Å². The van der Waals surface area contributed by atoms with Crippen molar-refractivity contribution in [3.8, 4) is 5.75 Å². The van der Waals surface area contributed by atoms with E-state index in [1.165, 1.54) is 11.0 Å². The van der Waals surface area contributed by atoms with Crippen LogP contribution in [-0.2, 0) is 16.6 Å². The summed E-state index contributed by atoms with van der Waals surface area (Å²) >= 11 is 12.3. The molecule has 2 aliphatic rings. The second-order valence-corrected chi connectivity index (χ2v) is 12.1. The summed E-state index contributed by atoms with van der Waals surface area (Å²) in [5, 5.41) is 7.84. The quantitative estimate of drug-likeness (QED) is 0.243. The van der Waals surface area contributed by atoms with Crippen LogP contribution in [0.3, 0.4) is 0 Å². The highest BCUT2D eigenvalue weighted by atomic mass is 35.5. The maximum Gasteiger partial charge on any atom is 0.416 e. The summed E-state index contributed by atoms with van der Waals surface area (Å²) in [6.07, 6.45) is -9.94. The van der Waals surface area contributed by atoms with Crippen LogP contribution in [0.25, 0.3) is 0 Å². The predicted octanol–water partition coefficient (Wildman–Crippen LogP) is 7.34. The van der Waals surface area contributed by atoms with Gasteiger partial charge in [0.1, 0.15) is 5.75 Å². The molecule has 14 heteroatoms. The lowest BCUT2D eigenvalue weighted by atomic mass is 9.94. The van der Waals surface area contributed by atoms with Gasteiger partial charge in [-0.3, -0.25) is 20.3 Å². The predicted molar refractivity (Wildman–Crippen MR) is 163 cm³/mol. The van der Waals surface area contributed by atoms with E-state index >= 15 is 0 Å². The van der Waals surface area contributed by atoms with Gasteiger partial charge in [-0.1, -0.05) is 53.5 Å². The summed E-state index contributed by atoms with van der Waals surface area (Å²) in [5.74, 6) is -0.639. The maximum atomic E-state index is 14.7. The van der Waals surface area contributed by atoms with Crippen molar-refractivity contribution in [3.63, 3.8) is 0 Å². The highest BCUT2D eigenvalue weighted by Gasteiger charge is 2.55. The Hall–Kier alpha value is -3.03. The lowest BCUT2D eigenvalue weighted by molar-refractivity contribution is -0.145. The number of alkyl halides is 6. The summed E-state index contributed by atoms with van der Waals surface area (Å²) in [7, 11) is 0. The minimum absolute atomic E-state index is 0.0255. The molecule has 2 atom stereocenters. The second kappa shape index (κ2) is 13.6. The van der Waals surface area contributed by atoms with Crippen molar-refractivity contribution >= 4 is 29.1 Å². The van der Waals surface area contributed by atoms with Crippen LogP contribution in [0.2, 0.25) is 10.0 Å². The fraction of sp³-hybridized carbons (Fsp3) is 0.406. The molecule has 46 heavy (non-hydrogen) atoms. The minimum atomic E-state index is -4.66. The third-order valence-corrected chi connectivity index (χ3v) is 8.74. The van der Waals surface area contributed by atoms with Gasteiger partial charge in [0.2, 0.25) is 0 Å². The fourth-order valence-electron chi connectivity index (χ4n) is 5.94. The van der Waals surface area contributed by atoms with Gasteiger partial charge in [0.25, 0.3) is 5.91 Å². The van der Waals surface area contributed by atoms with E-state index in [4.69, 9.17) is 27.9 Å². The number of carbonyl (C=O) groups is 1. The molecule has 0 bridgehead atoms. The number of nitrogens with one attached hydrogen (secondary N) is 2. The summed E-state index contributed by atoms with van der Waals surface area (Å²) < 4.78 is 85.7. The van der Waals surface area contributed by atoms with Crippen LogP contribution in [-0.4, -0.2) is 61.2 Å². The molecule has 0 aliphatic carbocycles. The Morgan fingerprint density at radius 2 is 1.37 bits per heavy atom. The van der Waals surface area contributed by atoms with E-state index in [0.717, 1.165) is 23.3 Å². The molecule has 248 valence electrons. The molecule has 2 saturated heterocycles. The van der Waals surface area contributed by atoms with Gasteiger partial charge in [0, 0.05) is 48.3 Å². The molecule has 0 spiro atoms. The third-order valence-electron chi connectivity index (χ3n) is 8.24. The van der Waals surface area contributed by atoms with Gasteiger partial charge < -0.3 is 9.64 Å². The topological polar surface area (TPSA) is 56.8 Å². The normalized spacial score (nSPS) is 22.7. The first-order chi connectivity index (χ1) is 21.7. The number of nitrogens with zero attached hydrogens (tertiary/aromatic N) is 2. The van der Waals surface area contributed by atoms with E-state index in [0.29, 0.717) is 10.0 Å². The highest BCUT2D eigenvalue weighted by Crippen LogP contribution is 2.46. The molecule has 1 amide bonds. The van der Waals surface area contributed by atoms with E-state index in [-0.39, 0.29) is 50.6 Å². The molecule has 0 saturated carbocycles. The first-order valence-corrected chi connectivity index (χ1v) is 15.4. The van der Waals surface area contributed by atoms with Gasteiger partial charge in [-0.05, 0) is 54.4 Å². The van der Waals surface area contributed by atoms with Crippen LogP contribution in [0.5, 0.6) is 5.75 Å². The summed E-state index contributed by atoms with van der Waals surface area (Å²) in [5.41, 5.74) is -1.11. The first kappa shape index (κ1) is 34.3. The number of benzene rings is 3. The van der Waals surface area contributed by atoms with Gasteiger partial charge in [-0.25, -0.2) is 0 Å². The fourth-order valence-corrected chi connectivity index (χ4v) is 6.19. The Balaban J connectivity index is 1.60. The molecule has 0 aromatic heterocycles. The Labute approximate surface area is 272 Å². The number of hydrogen-bond donors (Lipinski definition) is 2. The number of carbonyl (C=O) groups excluding carboxylic acids is 1. The number of piperazine rings is 1. The van der Waals surface area contributed by atoms with Gasteiger partial charge in [0.05, 0.1) is 30.7 Å². The number of ether oxygens (including phenoxy) is 1. The van der Waals surface area contributed by atoms with Crippen molar-refractivity contribution in [2.75, 3.05) is 39.3 Å². The molecule has 2 aliphatic heterocycles. The van der Waals surface area contributed by atoms with Crippen molar-refractivity contribution in [2.45, 2.75) is 43.4 Å². The van der Waals surface area contributed by atoms with Crippen LogP contribution >= 0.6 is 23.2 Å². The van der Waals surface area contributed by atoms with Crippen molar-refractivity contribution in [1.82, 2.24) is 20.4 Å². The van der Waals surface area contributed by atoms with Crippen LogP contribution in [0, 0.1) is 0 Å². The maximum absolute atomic E-state index is 14.7. The molecular weight excluding hydrogens is 657 g/mol. The second-order valence-electron chi connectivity index (χ2n) is 11.2. The number of hydrogen-bond acceptors (Lipinski definition) is 5. The molecule has 2 fully saturated rings. The van der Waals surface area contributed by atoms with E-state index in [9.17, 15) is 31.1 Å². The smallest absolute Gasteiger partial charge is 0.416 e. The van der Waals surface area contributed by atoms with Crippen molar-refractivity contribution < 1.29 is 35.9 Å². The summed E-state index contributed by atoms with van der Waals surface area (Å²) in [6, 6.07) is 15.8. The Kier molecular flexibility index (Phi) is 10.1. The zero-order valence-electron chi connectivity index (χ0n) is 24.7. The SMILES string of the molecule is CCOc1cc(C(F)(F)F)ccc1C1(C(=O)N2CCN(CCC(F)(F)F)CC2)NC(c2ccc(Cl)cc2)C(c2ccc(Cl)cc2)N1. The molecule has 2 unspecified atom stereocenters. The Morgan fingerprint density at radius 1 is 0.848 bits per heavy atom. The zero-order chi connectivity index (χ0) is 33.3. The Bertz CT molecular complexity index is 1460. The standard InChI is InChI=1S/C32H32Cl2F6N4O2/c1-2-46-26-19-22(32(38,39)40)7-12-25(26)31(29(45)44-17-15-43(16-18-44)14-13-30(35,36)37)41-27(20-3-8-23(33)9-4-20)28(42-31)21-5-10-24(34)11-6-21/h3-12,19,27-28,41-42H,2,13-18H2,1H3. The van der Waals surface area contributed by atoms with Gasteiger partial charge in [0.15, 0.2) is 5.66 Å². The van der Waals surface area contributed by atoms with E-state index in [1.54, 1.807) is 60.4 Å². The van der Waals surface area contributed by atoms with E-state index < -0.39 is 48.0 Å². The van der Waals surface area contributed by atoms with Crippen LogP contribution < -0.4 is 15.4 Å². The van der Waals surface area contributed by atoms with Gasteiger partial charge in [-0.2, -0.15) is 26.3 Å². The average Bonchev–Trinajstić information content (AvgIpc) is 3.42. The van der Waals surface area contributed by atoms with Crippen LogP contribution in [0.1, 0.15) is 47.7 Å². The van der Waals surface area contributed by atoms with Gasteiger partial charge in [-0.15, -0.1) is 0 Å². The number of rotatable bonds is 8. The summed E-state index contributed by atoms with van der Waals surface area (Å²) in [4.78, 5) is 17.9. The lowest BCUT2D eigenvalue weighted by Crippen LogP contribution is -2.62. The molecule has 2 heterocycles. The van der Waals surface area contributed by atoms with Crippen LogP contribution in [0.4, 0.5) is 26.3 Å². The molecular formula is C32H32Cl2F6N4O2.